The Hall–Kier alpha value is -2.34. The first-order valence-electron chi connectivity index (χ1n) is 6.89. The number of carbonyl (C=O) groups is 1. The summed E-state index contributed by atoms with van der Waals surface area (Å²) in [7, 11) is -2.17. The normalized spacial score (nSPS) is 11.0. The Morgan fingerprint density at radius 2 is 1.77 bits per heavy atom. The number of rotatable bonds is 5. The van der Waals surface area contributed by atoms with Crippen LogP contribution in [0.4, 0.5) is 11.4 Å². The van der Waals surface area contributed by atoms with Gasteiger partial charge in [-0.05, 0) is 30.3 Å². The quantitative estimate of drug-likeness (QED) is 0.922. The van der Waals surface area contributed by atoms with E-state index in [9.17, 15) is 13.2 Å². The summed E-state index contributed by atoms with van der Waals surface area (Å²) in [6.45, 7) is 1.74. The number of sulfonamides is 1. The van der Waals surface area contributed by atoms with Gasteiger partial charge < -0.3 is 5.32 Å². The first-order chi connectivity index (χ1) is 10.4. The molecular formula is C16H18N2O3S. The van der Waals surface area contributed by atoms with Crippen molar-refractivity contribution in [1.29, 1.82) is 0 Å². The number of nitrogens with zero attached hydrogens (tertiary/aromatic N) is 1. The topological polar surface area (TPSA) is 66.5 Å². The number of para-hydroxylation sites is 1. The standard InChI is InChI=1S/C16H18N2O3S/c1-3-16(19)17-13-8-7-11-15(12-13)22(20,21)18(2)14-9-5-4-6-10-14/h4-12H,3H2,1-2H3,(H,17,19). The van der Waals surface area contributed by atoms with Gasteiger partial charge in [-0.2, -0.15) is 0 Å². The lowest BCUT2D eigenvalue weighted by Crippen LogP contribution is -2.26. The van der Waals surface area contributed by atoms with Crippen molar-refractivity contribution in [2.24, 2.45) is 0 Å². The van der Waals surface area contributed by atoms with Crippen LogP contribution in [-0.2, 0) is 14.8 Å². The zero-order valence-electron chi connectivity index (χ0n) is 12.5. The van der Waals surface area contributed by atoms with E-state index in [2.05, 4.69) is 5.32 Å². The van der Waals surface area contributed by atoms with Crippen LogP contribution in [0, 0.1) is 0 Å². The van der Waals surface area contributed by atoms with Crippen molar-refractivity contribution < 1.29 is 13.2 Å². The van der Waals surface area contributed by atoms with Crippen LogP contribution in [0.2, 0.25) is 0 Å². The zero-order valence-corrected chi connectivity index (χ0v) is 13.3. The summed E-state index contributed by atoms with van der Waals surface area (Å²) >= 11 is 0. The molecule has 116 valence electrons. The summed E-state index contributed by atoms with van der Waals surface area (Å²) in [5.74, 6) is -0.161. The number of benzene rings is 2. The second-order valence-electron chi connectivity index (χ2n) is 4.74. The van der Waals surface area contributed by atoms with Crippen LogP contribution in [0.5, 0.6) is 0 Å². The number of carbonyl (C=O) groups excluding carboxylic acids is 1. The number of nitrogens with one attached hydrogen (secondary N) is 1. The van der Waals surface area contributed by atoms with E-state index < -0.39 is 10.0 Å². The predicted molar refractivity (Wildman–Crippen MR) is 87.4 cm³/mol. The van der Waals surface area contributed by atoms with Crippen LogP contribution in [0.3, 0.4) is 0 Å². The number of hydrogen-bond donors (Lipinski definition) is 1. The fraction of sp³-hybridized carbons (Fsp3) is 0.188. The molecule has 2 aromatic carbocycles. The second-order valence-corrected chi connectivity index (χ2v) is 6.71. The molecule has 1 amide bonds. The Morgan fingerprint density at radius 3 is 2.41 bits per heavy atom. The van der Waals surface area contributed by atoms with Gasteiger partial charge in [0, 0.05) is 19.2 Å². The van der Waals surface area contributed by atoms with Gasteiger partial charge in [0.1, 0.15) is 0 Å². The van der Waals surface area contributed by atoms with Crippen molar-refractivity contribution in [1.82, 2.24) is 0 Å². The molecule has 0 saturated heterocycles. The fourth-order valence-corrected chi connectivity index (χ4v) is 3.16. The van der Waals surface area contributed by atoms with Gasteiger partial charge in [0.15, 0.2) is 0 Å². The smallest absolute Gasteiger partial charge is 0.264 e. The van der Waals surface area contributed by atoms with Crippen molar-refractivity contribution in [3.8, 4) is 0 Å². The van der Waals surface area contributed by atoms with Crippen molar-refractivity contribution >= 4 is 27.3 Å². The van der Waals surface area contributed by atoms with Crippen molar-refractivity contribution in [2.75, 3.05) is 16.7 Å². The molecule has 0 spiro atoms. The second kappa shape index (κ2) is 6.62. The van der Waals surface area contributed by atoms with Gasteiger partial charge >= 0.3 is 0 Å². The zero-order chi connectivity index (χ0) is 16.2. The molecule has 0 aliphatic carbocycles. The van der Waals surface area contributed by atoms with Crippen molar-refractivity contribution in [2.45, 2.75) is 18.2 Å². The molecule has 1 N–H and O–H groups in total. The molecule has 0 bridgehead atoms. The van der Waals surface area contributed by atoms with Crippen LogP contribution in [0.1, 0.15) is 13.3 Å². The van der Waals surface area contributed by atoms with E-state index in [0.717, 1.165) is 0 Å². The monoisotopic (exact) mass is 318 g/mol. The maximum atomic E-state index is 12.7. The van der Waals surface area contributed by atoms with Crippen LogP contribution in [0.15, 0.2) is 59.5 Å². The molecule has 5 nitrogen and oxygen atoms in total. The van der Waals surface area contributed by atoms with Gasteiger partial charge in [0.05, 0.1) is 10.6 Å². The van der Waals surface area contributed by atoms with Crippen LogP contribution < -0.4 is 9.62 Å². The van der Waals surface area contributed by atoms with Crippen molar-refractivity contribution in [3.63, 3.8) is 0 Å². The minimum absolute atomic E-state index is 0.132. The van der Waals surface area contributed by atoms with Gasteiger partial charge in [0.2, 0.25) is 5.91 Å². The molecule has 0 aromatic heterocycles. The molecule has 6 heteroatoms. The van der Waals surface area contributed by atoms with E-state index >= 15 is 0 Å². The first kappa shape index (κ1) is 16.0. The number of hydrogen-bond acceptors (Lipinski definition) is 3. The van der Waals surface area contributed by atoms with E-state index in [4.69, 9.17) is 0 Å². The van der Waals surface area contributed by atoms with E-state index in [-0.39, 0.29) is 10.8 Å². The van der Waals surface area contributed by atoms with E-state index in [0.29, 0.717) is 17.8 Å². The van der Waals surface area contributed by atoms with Crippen molar-refractivity contribution in [3.05, 3.63) is 54.6 Å². The maximum Gasteiger partial charge on any atom is 0.264 e. The SMILES string of the molecule is CCC(=O)Nc1cccc(S(=O)(=O)N(C)c2ccccc2)c1. The highest BCUT2D eigenvalue weighted by Gasteiger charge is 2.21. The third kappa shape index (κ3) is 3.46. The molecule has 2 aromatic rings. The summed E-state index contributed by atoms with van der Waals surface area (Å²) in [6.07, 6.45) is 0.334. The Bertz CT molecular complexity index is 758. The summed E-state index contributed by atoms with van der Waals surface area (Å²) in [4.78, 5) is 11.6. The van der Waals surface area contributed by atoms with Gasteiger partial charge in [-0.15, -0.1) is 0 Å². The summed E-state index contributed by atoms with van der Waals surface area (Å²) < 4.78 is 26.5. The van der Waals surface area contributed by atoms with Crippen LogP contribution in [-0.4, -0.2) is 21.4 Å². The number of amides is 1. The van der Waals surface area contributed by atoms with E-state index in [1.807, 2.05) is 6.07 Å². The predicted octanol–water partition coefficient (Wildman–Crippen LogP) is 2.86. The molecular weight excluding hydrogens is 300 g/mol. The summed E-state index contributed by atoms with van der Waals surface area (Å²) in [5.41, 5.74) is 1.04. The van der Waals surface area contributed by atoms with Gasteiger partial charge in [-0.25, -0.2) is 8.42 Å². The highest BCUT2D eigenvalue weighted by Crippen LogP contribution is 2.23. The third-order valence-corrected chi connectivity index (χ3v) is 5.00. The van der Waals surface area contributed by atoms with E-state index in [1.54, 1.807) is 43.3 Å². The third-order valence-electron chi connectivity index (χ3n) is 3.22. The molecule has 0 radical (unpaired) electrons. The lowest BCUT2D eigenvalue weighted by Gasteiger charge is -2.19. The average Bonchev–Trinajstić information content (AvgIpc) is 2.55. The lowest BCUT2D eigenvalue weighted by atomic mass is 10.3. The largest absolute Gasteiger partial charge is 0.326 e. The summed E-state index contributed by atoms with van der Waals surface area (Å²) in [6, 6.07) is 15.1. The average molecular weight is 318 g/mol. The molecule has 0 aliphatic heterocycles. The molecule has 22 heavy (non-hydrogen) atoms. The Kier molecular flexibility index (Phi) is 4.82. The minimum Gasteiger partial charge on any atom is -0.326 e. The number of anilines is 2. The molecule has 0 aliphatic rings. The highest BCUT2D eigenvalue weighted by molar-refractivity contribution is 7.92. The Balaban J connectivity index is 2.33. The van der Waals surface area contributed by atoms with Gasteiger partial charge in [-0.1, -0.05) is 31.2 Å². The van der Waals surface area contributed by atoms with E-state index in [1.165, 1.54) is 23.5 Å². The maximum absolute atomic E-state index is 12.7. The lowest BCUT2D eigenvalue weighted by molar-refractivity contribution is -0.115. The Labute approximate surface area is 130 Å². The molecule has 0 heterocycles. The molecule has 0 fully saturated rings. The molecule has 0 saturated carbocycles. The molecule has 0 atom stereocenters. The van der Waals surface area contributed by atoms with Gasteiger partial charge in [0.25, 0.3) is 10.0 Å². The first-order valence-corrected chi connectivity index (χ1v) is 8.33. The molecule has 0 unspecified atom stereocenters. The Morgan fingerprint density at radius 1 is 1.09 bits per heavy atom. The fourth-order valence-electron chi connectivity index (χ4n) is 1.92. The minimum atomic E-state index is -3.68. The van der Waals surface area contributed by atoms with Crippen LogP contribution >= 0.6 is 0 Å². The molecule has 2 rings (SSSR count). The van der Waals surface area contributed by atoms with Gasteiger partial charge in [-0.3, -0.25) is 9.10 Å². The van der Waals surface area contributed by atoms with Crippen LogP contribution in [0.25, 0.3) is 0 Å². The summed E-state index contributed by atoms with van der Waals surface area (Å²) in [5, 5.41) is 2.66. The highest BCUT2D eigenvalue weighted by atomic mass is 32.2.